The second-order valence-corrected chi connectivity index (χ2v) is 4.22. The molecular weight excluding hydrogens is 250 g/mol. The van der Waals surface area contributed by atoms with Crippen molar-refractivity contribution in [1.29, 1.82) is 0 Å². The zero-order valence-corrected chi connectivity index (χ0v) is 10.6. The average Bonchev–Trinajstić information content (AvgIpc) is 2.37. The lowest BCUT2D eigenvalue weighted by Crippen LogP contribution is -2.23. The summed E-state index contributed by atoms with van der Waals surface area (Å²) in [4.78, 5) is 19.9. The summed E-state index contributed by atoms with van der Waals surface area (Å²) < 4.78 is 0. The molecule has 0 aliphatic rings. The Morgan fingerprint density at radius 1 is 1.33 bits per heavy atom. The molecule has 2 rings (SSSR count). The Kier molecular flexibility index (Phi) is 3.89. The molecule has 0 fully saturated rings. The van der Waals surface area contributed by atoms with Crippen LogP contribution in [0.15, 0.2) is 36.7 Å². The molecule has 1 N–H and O–H groups in total. The fourth-order valence-corrected chi connectivity index (χ4v) is 1.74. The Morgan fingerprint density at radius 2 is 2.11 bits per heavy atom. The number of carbonyl (C=O) groups excluding carboxylic acids is 1. The van der Waals surface area contributed by atoms with E-state index in [4.69, 9.17) is 11.6 Å². The van der Waals surface area contributed by atoms with Gasteiger partial charge in [0, 0.05) is 5.69 Å². The van der Waals surface area contributed by atoms with E-state index in [-0.39, 0.29) is 5.91 Å². The lowest BCUT2D eigenvalue weighted by molar-refractivity contribution is 0.0950. The zero-order valence-electron chi connectivity index (χ0n) is 9.85. The zero-order chi connectivity index (χ0) is 13.0. The summed E-state index contributed by atoms with van der Waals surface area (Å²) in [6.45, 7) is 2.23. The van der Waals surface area contributed by atoms with Gasteiger partial charge in [-0.3, -0.25) is 4.79 Å². The third-order valence-electron chi connectivity index (χ3n) is 2.41. The summed E-state index contributed by atoms with van der Waals surface area (Å²) in [7, 11) is 0. The van der Waals surface area contributed by atoms with Gasteiger partial charge < -0.3 is 5.32 Å². The normalized spacial score (nSPS) is 10.1. The first-order valence-corrected chi connectivity index (χ1v) is 5.85. The summed E-state index contributed by atoms with van der Waals surface area (Å²) in [6, 6.07) is 8.75. The van der Waals surface area contributed by atoms with Gasteiger partial charge in [0.2, 0.25) is 0 Å². The summed E-state index contributed by atoms with van der Waals surface area (Å²) in [5.41, 5.74) is 2.10. The smallest absolute Gasteiger partial charge is 0.253 e. The highest BCUT2D eigenvalue weighted by Crippen LogP contribution is 2.14. The number of hydrogen-bond donors (Lipinski definition) is 1. The van der Waals surface area contributed by atoms with Crippen molar-refractivity contribution in [1.82, 2.24) is 15.3 Å². The molecule has 1 amide bonds. The van der Waals surface area contributed by atoms with Crippen molar-refractivity contribution in [2.75, 3.05) is 0 Å². The largest absolute Gasteiger partial charge is 0.346 e. The molecule has 0 aliphatic carbocycles. The number of nitrogens with one attached hydrogen (secondary N) is 1. The van der Waals surface area contributed by atoms with Crippen LogP contribution in [-0.2, 0) is 6.54 Å². The van der Waals surface area contributed by atoms with Gasteiger partial charge in [0.15, 0.2) is 0 Å². The van der Waals surface area contributed by atoms with E-state index < -0.39 is 0 Å². The van der Waals surface area contributed by atoms with E-state index in [1.54, 1.807) is 24.3 Å². The predicted molar refractivity (Wildman–Crippen MR) is 69.4 cm³/mol. The Morgan fingerprint density at radius 3 is 2.83 bits per heavy atom. The van der Waals surface area contributed by atoms with E-state index in [9.17, 15) is 4.79 Å². The van der Waals surface area contributed by atoms with E-state index in [0.717, 1.165) is 11.4 Å². The number of hydrogen-bond acceptors (Lipinski definition) is 3. The molecule has 0 radical (unpaired) electrons. The van der Waals surface area contributed by atoms with Gasteiger partial charge in [-0.05, 0) is 25.1 Å². The van der Waals surface area contributed by atoms with E-state index in [1.165, 1.54) is 6.33 Å². The number of nitrogens with zero attached hydrogens (tertiary/aromatic N) is 2. The fraction of sp³-hybridized carbons (Fsp3) is 0.154. The average molecular weight is 262 g/mol. The molecule has 0 aliphatic heterocycles. The van der Waals surface area contributed by atoms with Gasteiger partial charge >= 0.3 is 0 Å². The molecule has 0 saturated heterocycles. The maximum Gasteiger partial charge on any atom is 0.253 e. The van der Waals surface area contributed by atoms with Gasteiger partial charge in [-0.15, -0.1) is 0 Å². The molecule has 0 spiro atoms. The molecule has 4 nitrogen and oxygen atoms in total. The van der Waals surface area contributed by atoms with Crippen molar-refractivity contribution in [2.24, 2.45) is 0 Å². The minimum Gasteiger partial charge on any atom is -0.346 e. The number of carbonyl (C=O) groups is 1. The Hall–Kier alpha value is -1.94. The summed E-state index contributed by atoms with van der Waals surface area (Å²) in [5, 5.41) is 3.21. The number of halogens is 1. The topological polar surface area (TPSA) is 54.9 Å². The molecule has 2 aromatic rings. The number of amides is 1. The first-order valence-electron chi connectivity index (χ1n) is 5.47. The lowest BCUT2D eigenvalue weighted by Gasteiger charge is -2.06. The van der Waals surface area contributed by atoms with Crippen LogP contribution < -0.4 is 5.32 Å². The summed E-state index contributed by atoms with van der Waals surface area (Å²) in [5.74, 6) is -0.211. The first-order chi connectivity index (χ1) is 8.66. The van der Waals surface area contributed by atoms with Gasteiger partial charge in [-0.1, -0.05) is 23.7 Å². The summed E-state index contributed by atoms with van der Waals surface area (Å²) >= 11 is 5.94. The molecule has 0 unspecified atom stereocenters. The quantitative estimate of drug-likeness (QED) is 0.923. The molecule has 1 heterocycles. The van der Waals surface area contributed by atoms with Crippen LogP contribution in [0.25, 0.3) is 0 Å². The first kappa shape index (κ1) is 12.5. The molecular formula is C13H12ClN3O. The minimum atomic E-state index is -0.211. The molecule has 18 heavy (non-hydrogen) atoms. The van der Waals surface area contributed by atoms with Crippen LogP contribution in [-0.4, -0.2) is 15.9 Å². The van der Waals surface area contributed by atoms with Crippen LogP contribution in [0.3, 0.4) is 0 Å². The molecule has 0 saturated carbocycles. The van der Waals surface area contributed by atoms with E-state index in [2.05, 4.69) is 15.3 Å². The van der Waals surface area contributed by atoms with Crippen LogP contribution >= 0.6 is 11.6 Å². The van der Waals surface area contributed by atoms with Crippen LogP contribution in [0.5, 0.6) is 0 Å². The second kappa shape index (κ2) is 5.60. The monoisotopic (exact) mass is 261 g/mol. The predicted octanol–water partition coefficient (Wildman–Crippen LogP) is 2.37. The van der Waals surface area contributed by atoms with Gasteiger partial charge in [0.05, 0.1) is 22.8 Å². The molecule has 0 atom stereocenters. The number of rotatable bonds is 3. The molecule has 92 valence electrons. The van der Waals surface area contributed by atoms with Crippen molar-refractivity contribution in [3.8, 4) is 0 Å². The molecule has 5 heteroatoms. The van der Waals surface area contributed by atoms with E-state index >= 15 is 0 Å². The van der Waals surface area contributed by atoms with Crippen molar-refractivity contribution in [2.45, 2.75) is 13.5 Å². The van der Waals surface area contributed by atoms with Crippen molar-refractivity contribution < 1.29 is 4.79 Å². The molecule has 1 aromatic heterocycles. The maximum atomic E-state index is 11.9. The van der Waals surface area contributed by atoms with Crippen molar-refractivity contribution in [3.63, 3.8) is 0 Å². The number of benzene rings is 1. The van der Waals surface area contributed by atoms with Gasteiger partial charge in [0.25, 0.3) is 5.91 Å². The maximum absolute atomic E-state index is 11.9. The third kappa shape index (κ3) is 3.05. The highest BCUT2D eigenvalue weighted by atomic mass is 35.5. The van der Waals surface area contributed by atoms with Crippen LogP contribution in [0, 0.1) is 6.92 Å². The number of aromatic nitrogens is 2. The van der Waals surface area contributed by atoms with E-state index in [0.29, 0.717) is 17.1 Å². The SMILES string of the molecule is Cc1cc(CNC(=O)c2ccccc2Cl)ncn1. The highest BCUT2D eigenvalue weighted by Gasteiger charge is 2.09. The van der Waals surface area contributed by atoms with Crippen LogP contribution in [0.1, 0.15) is 21.7 Å². The van der Waals surface area contributed by atoms with Crippen molar-refractivity contribution in [3.05, 3.63) is 58.6 Å². The van der Waals surface area contributed by atoms with Crippen LogP contribution in [0.2, 0.25) is 5.02 Å². The Bertz CT molecular complexity index is 572. The van der Waals surface area contributed by atoms with Crippen LogP contribution in [0.4, 0.5) is 0 Å². The molecule has 0 bridgehead atoms. The highest BCUT2D eigenvalue weighted by molar-refractivity contribution is 6.33. The van der Waals surface area contributed by atoms with E-state index in [1.807, 2.05) is 13.0 Å². The van der Waals surface area contributed by atoms with Crippen molar-refractivity contribution >= 4 is 17.5 Å². The van der Waals surface area contributed by atoms with Gasteiger partial charge in [-0.2, -0.15) is 0 Å². The standard InChI is InChI=1S/C13H12ClN3O/c1-9-6-10(17-8-16-9)7-15-13(18)11-4-2-3-5-12(11)14/h2-6,8H,7H2,1H3,(H,15,18). The third-order valence-corrected chi connectivity index (χ3v) is 2.74. The lowest BCUT2D eigenvalue weighted by atomic mass is 10.2. The fourth-order valence-electron chi connectivity index (χ4n) is 1.52. The Balaban J connectivity index is 2.03. The molecule has 1 aromatic carbocycles. The summed E-state index contributed by atoms with van der Waals surface area (Å²) in [6.07, 6.45) is 1.48. The Labute approximate surface area is 110 Å². The van der Waals surface area contributed by atoms with Gasteiger partial charge in [0.1, 0.15) is 6.33 Å². The second-order valence-electron chi connectivity index (χ2n) is 3.81. The van der Waals surface area contributed by atoms with Gasteiger partial charge in [-0.25, -0.2) is 9.97 Å². The minimum absolute atomic E-state index is 0.211. The number of aryl methyl sites for hydroxylation is 1.